The van der Waals surface area contributed by atoms with Crippen LogP contribution in [-0.2, 0) is 0 Å². The number of amides is 1. The highest BCUT2D eigenvalue weighted by Crippen LogP contribution is 2.20. The zero-order chi connectivity index (χ0) is 14.9. The Labute approximate surface area is 127 Å². The Morgan fingerprint density at radius 2 is 1.76 bits per heavy atom. The summed E-state index contributed by atoms with van der Waals surface area (Å²) in [5.74, 6) is 0.0125. The van der Waals surface area contributed by atoms with E-state index in [0.717, 1.165) is 38.2 Å². The molecule has 2 N–H and O–H groups in total. The van der Waals surface area contributed by atoms with Crippen LogP contribution in [0.4, 0.5) is 5.69 Å². The number of carbonyl (C=O) groups is 1. The lowest BCUT2D eigenvalue weighted by Gasteiger charge is -2.28. The molecular formula is C17H27N3O. The summed E-state index contributed by atoms with van der Waals surface area (Å²) in [5.41, 5.74) is 1.97. The van der Waals surface area contributed by atoms with Gasteiger partial charge in [-0.3, -0.25) is 4.79 Å². The van der Waals surface area contributed by atoms with Gasteiger partial charge in [-0.15, -0.1) is 0 Å². The van der Waals surface area contributed by atoms with Gasteiger partial charge in [-0.1, -0.05) is 6.92 Å². The Morgan fingerprint density at radius 3 is 2.43 bits per heavy atom. The number of anilines is 1. The van der Waals surface area contributed by atoms with E-state index in [-0.39, 0.29) is 5.91 Å². The van der Waals surface area contributed by atoms with Crippen molar-refractivity contribution in [2.45, 2.75) is 32.6 Å². The average molecular weight is 289 g/mol. The smallest absolute Gasteiger partial charge is 0.251 e. The zero-order valence-electron chi connectivity index (χ0n) is 13.0. The van der Waals surface area contributed by atoms with Crippen molar-refractivity contribution in [3.05, 3.63) is 29.8 Å². The predicted octanol–water partition coefficient (Wildman–Crippen LogP) is 2.41. The summed E-state index contributed by atoms with van der Waals surface area (Å²) in [6, 6.07) is 7.99. The molecule has 1 fully saturated rings. The normalized spacial score (nSPS) is 15.0. The molecule has 0 radical (unpaired) electrons. The van der Waals surface area contributed by atoms with Crippen LogP contribution in [0, 0.1) is 0 Å². The molecule has 1 aromatic carbocycles. The SMILES string of the molecule is CCCNCCNC(=O)c1ccc(N2CCCCC2)cc1. The number of hydrogen-bond donors (Lipinski definition) is 2. The number of piperidine rings is 1. The van der Waals surface area contributed by atoms with Gasteiger partial charge in [-0.25, -0.2) is 0 Å². The van der Waals surface area contributed by atoms with E-state index in [2.05, 4.69) is 34.6 Å². The van der Waals surface area contributed by atoms with Gasteiger partial charge in [0.05, 0.1) is 0 Å². The van der Waals surface area contributed by atoms with Crippen molar-refractivity contribution in [3.63, 3.8) is 0 Å². The summed E-state index contributed by atoms with van der Waals surface area (Å²) < 4.78 is 0. The topological polar surface area (TPSA) is 44.4 Å². The highest BCUT2D eigenvalue weighted by atomic mass is 16.1. The molecule has 1 aliphatic heterocycles. The van der Waals surface area contributed by atoms with Gasteiger partial charge in [0.25, 0.3) is 5.91 Å². The highest BCUT2D eigenvalue weighted by Gasteiger charge is 2.11. The number of nitrogens with zero attached hydrogens (tertiary/aromatic N) is 1. The molecule has 1 heterocycles. The molecule has 116 valence electrons. The largest absolute Gasteiger partial charge is 0.372 e. The first-order valence-corrected chi connectivity index (χ1v) is 8.15. The lowest BCUT2D eigenvalue weighted by Crippen LogP contribution is -2.32. The molecular weight excluding hydrogens is 262 g/mol. The highest BCUT2D eigenvalue weighted by molar-refractivity contribution is 5.94. The first-order valence-electron chi connectivity index (χ1n) is 8.15. The van der Waals surface area contributed by atoms with Crippen LogP contribution in [0.3, 0.4) is 0 Å². The molecule has 0 atom stereocenters. The van der Waals surface area contributed by atoms with E-state index in [1.54, 1.807) is 0 Å². The second-order valence-corrected chi connectivity index (χ2v) is 5.60. The van der Waals surface area contributed by atoms with Crippen LogP contribution in [-0.4, -0.2) is 38.6 Å². The molecule has 1 aromatic rings. The lowest BCUT2D eigenvalue weighted by molar-refractivity contribution is 0.0954. The van der Waals surface area contributed by atoms with Gasteiger partial charge in [0, 0.05) is 37.4 Å². The van der Waals surface area contributed by atoms with E-state index in [4.69, 9.17) is 0 Å². The van der Waals surface area contributed by atoms with Gasteiger partial charge < -0.3 is 15.5 Å². The summed E-state index contributed by atoms with van der Waals surface area (Å²) in [6.07, 6.45) is 4.99. The van der Waals surface area contributed by atoms with Crippen LogP contribution in [0.2, 0.25) is 0 Å². The Bertz CT molecular complexity index is 424. The summed E-state index contributed by atoms with van der Waals surface area (Å²) >= 11 is 0. The fourth-order valence-corrected chi connectivity index (χ4v) is 2.64. The second kappa shape index (κ2) is 8.67. The minimum atomic E-state index is 0.0125. The fraction of sp³-hybridized carbons (Fsp3) is 0.588. The predicted molar refractivity (Wildman–Crippen MR) is 88.0 cm³/mol. The van der Waals surface area contributed by atoms with Gasteiger partial charge in [-0.2, -0.15) is 0 Å². The Hall–Kier alpha value is -1.55. The van der Waals surface area contributed by atoms with Crippen molar-refractivity contribution in [2.75, 3.05) is 37.6 Å². The average Bonchev–Trinajstić information content (AvgIpc) is 2.55. The van der Waals surface area contributed by atoms with E-state index in [1.807, 2.05) is 12.1 Å². The lowest BCUT2D eigenvalue weighted by atomic mass is 10.1. The van der Waals surface area contributed by atoms with Crippen LogP contribution < -0.4 is 15.5 Å². The molecule has 4 nitrogen and oxygen atoms in total. The fourth-order valence-electron chi connectivity index (χ4n) is 2.64. The van der Waals surface area contributed by atoms with Crippen molar-refractivity contribution >= 4 is 11.6 Å². The van der Waals surface area contributed by atoms with Crippen molar-refractivity contribution < 1.29 is 4.79 Å². The summed E-state index contributed by atoms with van der Waals surface area (Å²) in [4.78, 5) is 14.4. The molecule has 1 amide bonds. The molecule has 1 aliphatic rings. The maximum atomic E-state index is 12.0. The van der Waals surface area contributed by atoms with Gasteiger partial charge in [-0.05, 0) is 56.5 Å². The van der Waals surface area contributed by atoms with Crippen molar-refractivity contribution in [2.24, 2.45) is 0 Å². The number of benzene rings is 1. The van der Waals surface area contributed by atoms with E-state index in [1.165, 1.54) is 24.9 Å². The van der Waals surface area contributed by atoms with Gasteiger partial charge in [0.1, 0.15) is 0 Å². The van der Waals surface area contributed by atoms with Gasteiger partial charge in [0.2, 0.25) is 0 Å². The zero-order valence-corrected chi connectivity index (χ0v) is 13.0. The molecule has 0 spiro atoms. The number of hydrogen-bond acceptors (Lipinski definition) is 3. The quantitative estimate of drug-likeness (QED) is 0.758. The second-order valence-electron chi connectivity index (χ2n) is 5.60. The minimum Gasteiger partial charge on any atom is -0.372 e. The number of nitrogens with one attached hydrogen (secondary N) is 2. The Morgan fingerprint density at radius 1 is 1.05 bits per heavy atom. The molecule has 1 saturated heterocycles. The monoisotopic (exact) mass is 289 g/mol. The molecule has 0 aliphatic carbocycles. The molecule has 2 rings (SSSR count). The van der Waals surface area contributed by atoms with Crippen LogP contribution in [0.25, 0.3) is 0 Å². The third-order valence-electron chi connectivity index (χ3n) is 3.86. The van der Waals surface area contributed by atoms with Crippen LogP contribution in [0.5, 0.6) is 0 Å². The molecule has 0 bridgehead atoms. The van der Waals surface area contributed by atoms with E-state index < -0.39 is 0 Å². The summed E-state index contributed by atoms with van der Waals surface area (Å²) in [5, 5.41) is 6.21. The van der Waals surface area contributed by atoms with Crippen molar-refractivity contribution in [3.8, 4) is 0 Å². The van der Waals surface area contributed by atoms with Gasteiger partial charge in [0.15, 0.2) is 0 Å². The third-order valence-corrected chi connectivity index (χ3v) is 3.86. The molecule has 0 aromatic heterocycles. The Kier molecular flexibility index (Phi) is 6.54. The maximum absolute atomic E-state index is 12.0. The van der Waals surface area contributed by atoms with E-state index in [9.17, 15) is 4.79 Å². The van der Waals surface area contributed by atoms with E-state index >= 15 is 0 Å². The first kappa shape index (κ1) is 15.8. The van der Waals surface area contributed by atoms with Crippen LogP contribution in [0.1, 0.15) is 43.0 Å². The Balaban J connectivity index is 1.79. The van der Waals surface area contributed by atoms with Crippen LogP contribution >= 0.6 is 0 Å². The van der Waals surface area contributed by atoms with Gasteiger partial charge >= 0.3 is 0 Å². The molecule has 4 heteroatoms. The van der Waals surface area contributed by atoms with Crippen molar-refractivity contribution in [1.29, 1.82) is 0 Å². The number of carbonyl (C=O) groups excluding carboxylic acids is 1. The van der Waals surface area contributed by atoms with Crippen molar-refractivity contribution in [1.82, 2.24) is 10.6 Å². The standard InChI is InChI=1S/C17H27N3O/c1-2-10-18-11-12-19-17(21)15-6-8-16(9-7-15)20-13-4-3-5-14-20/h6-9,18H,2-5,10-14H2,1H3,(H,19,21). The summed E-state index contributed by atoms with van der Waals surface area (Å²) in [7, 11) is 0. The maximum Gasteiger partial charge on any atom is 0.251 e. The molecule has 0 unspecified atom stereocenters. The number of rotatable bonds is 7. The molecule has 0 saturated carbocycles. The molecule has 21 heavy (non-hydrogen) atoms. The first-order chi connectivity index (χ1) is 10.3. The van der Waals surface area contributed by atoms with E-state index in [0.29, 0.717) is 6.54 Å². The third kappa shape index (κ3) is 5.05. The summed E-state index contributed by atoms with van der Waals surface area (Å²) in [6.45, 7) is 6.90. The van der Waals surface area contributed by atoms with Crippen LogP contribution in [0.15, 0.2) is 24.3 Å². The minimum absolute atomic E-state index is 0.0125.